The van der Waals surface area contributed by atoms with Gasteiger partial charge in [-0.15, -0.1) is 0 Å². The average molecular weight is 464 g/mol. The zero-order chi connectivity index (χ0) is 23.2. The molecule has 0 amide bonds. The van der Waals surface area contributed by atoms with Gasteiger partial charge in [-0.1, -0.05) is 36.4 Å². The van der Waals surface area contributed by atoms with Crippen LogP contribution in [-0.4, -0.2) is 13.0 Å². The molecule has 1 aliphatic rings. The molecule has 0 radical (unpaired) electrons. The molecule has 0 spiro atoms. The van der Waals surface area contributed by atoms with E-state index in [2.05, 4.69) is 4.57 Å². The summed E-state index contributed by atoms with van der Waals surface area (Å²) in [5, 5.41) is 0.703. The molecule has 0 aliphatic carbocycles. The molecule has 2 heterocycles. The van der Waals surface area contributed by atoms with Gasteiger partial charge in [-0.05, 0) is 59.5 Å². The molecule has 0 bridgehead atoms. The molecule has 1 aliphatic heterocycles. The fourth-order valence-corrected chi connectivity index (χ4v) is 5.58. The van der Waals surface area contributed by atoms with Crippen LogP contribution in [0.3, 0.4) is 0 Å². The highest BCUT2D eigenvalue weighted by atomic mass is 32.2. The first-order valence-corrected chi connectivity index (χ1v) is 12.1. The highest BCUT2D eigenvalue weighted by Crippen LogP contribution is 2.31. The number of halogens is 2. The van der Waals surface area contributed by atoms with Crippen LogP contribution in [0.15, 0.2) is 82.5 Å². The molecule has 5 rings (SSSR count). The van der Waals surface area contributed by atoms with Crippen LogP contribution in [0.2, 0.25) is 0 Å². The van der Waals surface area contributed by atoms with E-state index >= 15 is 0 Å². The second-order valence-corrected chi connectivity index (χ2v) is 10.0. The Bertz CT molecular complexity index is 1590. The molecule has 7 heteroatoms. The molecule has 0 unspecified atom stereocenters. The van der Waals surface area contributed by atoms with Crippen molar-refractivity contribution in [3.05, 3.63) is 111 Å². The molecule has 166 valence electrons. The van der Waals surface area contributed by atoms with Crippen molar-refractivity contribution in [2.45, 2.75) is 23.6 Å². The van der Waals surface area contributed by atoms with E-state index in [-0.39, 0.29) is 16.1 Å². The summed E-state index contributed by atoms with van der Waals surface area (Å²) in [5.74, 6) is -2.60. The Morgan fingerprint density at radius 3 is 2.42 bits per heavy atom. The number of benzene rings is 3. The van der Waals surface area contributed by atoms with Crippen molar-refractivity contribution in [1.82, 2.24) is 4.57 Å². The van der Waals surface area contributed by atoms with Crippen molar-refractivity contribution in [1.29, 1.82) is 0 Å². The van der Waals surface area contributed by atoms with Gasteiger partial charge in [0, 0.05) is 23.7 Å². The van der Waals surface area contributed by atoms with Crippen LogP contribution in [0, 0.1) is 11.6 Å². The van der Waals surface area contributed by atoms with Crippen LogP contribution in [-0.2, 0) is 22.1 Å². The van der Waals surface area contributed by atoms with Gasteiger partial charge in [-0.25, -0.2) is 17.2 Å². The van der Waals surface area contributed by atoms with Gasteiger partial charge in [0.05, 0.1) is 16.2 Å². The molecular formula is C26H19F2NO3S. The molecule has 0 fully saturated rings. The summed E-state index contributed by atoms with van der Waals surface area (Å²) in [6.45, 7) is 0.784. The van der Waals surface area contributed by atoms with Crippen LogP contribution >= 0.6 is 0 Å². The minimum Gasteiger partial charge on any atom is -0.340 e. The third-order valence-corrected chi connectivity index (χ3v) is 7.57. The Labute approximate surface area is 189 Å². The number of allylic oxidation sites excluding steroid dienone is 1. The Morgan fingerprint density at radius 2 is 1.67 bits per heavy atom. The van der Waals surface area contributed by atoms with E-state index in [1.54, 1.807) is 18.2 Å². The van der Waals surface area contributed by atoms with Gasteiger partial charge in [-0.2, -0.15) is 0 Å². The summed E-state index contributed by atoms with van der Waals surface area (Å²) in [7, 11) is -3.81. The maximum absolute atomic E-state index is 13.4. The number of rotatable bonds is 4. The van der Waals surface area contributed by atoms with E-state index < -0.39 is 21.5 Å². The second-order valence-electron chi connectivity index (χ2n) is 8.06. The number of aromatic nitrogens is 1. The van der Waals surface area contributed by atoms with Crippen LogP contribution in [0.1, 0.15) is 23.2 Å². The molecule has 33 heavy (non-hydrogen) atoms. The van der Waals surface area contributed by atoms with E-state index in [1.807, 2.05) is 42.5 Å². The SMILES string of the molecule is O=c1cc2n(c3ccccc13)CC/C2=C\c1ccc(CS(=O)(=O)c2ccc(F)c(F)c2)cc1. The maximum atomic E-state index is 13.4. The van der Waals surface area contributed by atoms with Crippen LogP contribution in [0.25, 0.3) is 22.6 Å². The lowest BCUT2D eigenvalue weighted by molar-refractivity contribution is 0.504. The van der Waals surface area contributed by atoms with Crippen molar-refractivity contribution in [2.24, 2.45) is 0 Å². The van der Waals surface area contributed by atoms with Crippen molar-refractivity contribution in [3.63, 3.8) is 0 Å². The fourth-order valence-electron chi connectivity index (χ4n) is 4.22. The van der Waals surface area contributed by atoms with Gasteiger partial charge in [-0.3, -0.25) is 4.79 Å². The molecule has 3 aromatic carbocycles. The first-order chi connectivity index (χ1) is 15.8. The number of aryl methyl sites for hydroxylation is 1. The predicted molar refractivity (Wildman–Crippen MR) is 124 cm³/mol. The number of hydrogen-bond acceptors (Lipinski definition) is 3. The van der Waals surface area contributed by atoms with Gasteiger partial charge >= 0.3 is 0 Å². The lowest BCUT2D eigenvalue weighted by atomic mass is 10.1. The summed E-state index contributed by atoms with van der Waals surface area (Å²) in [5.41, 5.74) is 4.26. The zero-order valence-corrected chi connectivity index (χ0v) is 18.3. The largest absolute Gasteiger partial charge is 0.340 e. The van der Waals surface area contributed by atoms with Crippen LogP contribution in [0.5, 0.6) is 0 Å². The highest BCUT2D eigenvalue weighted by molar-refractivity contribution is 7.90. The van der Waals surface area contributed by atoms with E-state index in [0.717, 1.165) is 47.4 Å². The maximum Gasteiger partial charge on any atom is 0.190 e. The van der Waals surface area contributed by atoms with Crippen LogP contribution in [0.4, 0.5) is 8.78 Å². The van der Waals surface area contributed by atoms with Gasteiger partial charge in [0.25, 0.3) is 0 Å². The first-order valence-electron chi connectivity index (χ1n) is 10.4. The number of pyridine rings is 1. The van der Waals surface area contributed by atoms with Gasteiger partial charge in [0.15, 0.2) is 26.9 Å². The molecule has 4 aromatic rings. The minimum atomic E-state index is -3.81. The summed E-state index contributed by atoms with van der Waals surface area (Å²) in [4.78, 5) is 12.3. The van der Waals surface area contributed by atoms with Crippen molar-refractivity contribution >= 4 is 32.4 Å². The standard InChI is InChI=1S/C26H19F2NO3S/c27-22-10-9-20(14-23(22)28)33(31,32)16-18-7-5-17(6-8-18)13-19-11-12-29-24-4-2-1-3-21(24)26(30)15-25(19)29/h1-10,13-15H,11-12,16H2/b19-13+. The Hall–Kier alpha value is -3.58. The topological polar surface area (TPSA) is 56.1 Å². The molecule has 0 N–H and O–H groups in total. The lowest BCUT2D eigenvalue weighted by Crippen LogP contribution is -2.08. The van der Waals surface area contributed by atoms with E-state index in [0.29, 0.717) is 17.0 Å². The van der Waals surface area contributed by atoms with E-state index in [9.17, 15) is 22.0 Å². The molecule has 0 atom stereocenters. The third-order valence-electron chi connectivity index (χ3n) is 5.88. The van der Waals surface area contributed by atoms with Gasteiger partial charge in [0.1, 0.15) is 0 Å². The second kappa shape index (κ2) is 8.08. The smallest absolute Gasteiger partial charge is 0.190 e. The minimum absolute atomic E-state index is 0.0116. The Balaban J connectivity index is 1.41. The average Bonchev–Trinajstić information content (AvgIpc) is 3.19. The molecule has 0 saturated carbocycles. The number of nitrogens with zero attached hydrogens (tertiary/aromatic N) is 1. The van der Waals surface area contributed by atoms with Crippen LogP contribution < -0.4 is 5.43 Å². The number of hydrogen-bond donors (Lipinski definition) is 0. The zero-order valence-electron chi connectivity index (χ0n) is 17.5. The van der Waals surface area contributed by atoms with E-state index in [4.69, 9.17) is 0 Å². The Kier molecular flexibility index (Phi) is 5.21. The highest BCUT2D eigenvalue weighted by Gasteiger charge is 2.20. The van der Waals surface area contributed by atoms with Crippen molar-refractivity contribution in [3.8, 4) is 0 Å². The number of para-hydroxylation sites is 1. The predicted octanol–water partition coefficient (Wildman–Crippen LogP) is 5.20. The molecule has 0 saturated heterocycles. The van der Waals surface area contributed by atoms with Crippen molar-refractivity contribution < 1.29 is 17.2 Å². The van der Waals surface area contributed by atoms with E-state index in [1.165, 1.54) is 0 Å². The fraction of sp³-hybridized carbons (Fsp3) is 0.115. The van der Waals surface area contributed by atoms with Crippen molar-refractivity contribution in [2.75, 3.05) is 0 Å². The summed E-state index contributed by atoms with van der Waals surface area (Å²) in [6.07, 6.45) is 2.79. The van der Waals surface area contributed by atoms with Gasteiger partial charge < -0.3 is 4.57 Å². The molecule has 4 nitrogen and oxygen atoms in total. The number of fused-ring (bicyclic) bond motifs is 3. The summed E-state index contributed by atoms with van der Waals surface area (Å²) < 4.78 is 53.9. The first kappa shape index (κ1) is 21.3. The summed E-state index contributed by atoms with van der Waals surface area (Å²) >= 11 is 0. The molecular weight excluding hydrogens is 444 g/mol. The summed E-state index contributed by atoms with van der Waals surface area (Å²) in [6, 6.07) is 18.8. The normalized spacial score (nSPS) is 14.7. The Morgan fingerprint density at radius 1 is 0.909 bits per heavy atom. The van der Waals surface area contributed by atoms with Gasteiger partial charge in [0.2, 0.25) is 0 Å². The lowest BCUT2D eigenvalue weighted by Gasteiger charge is -2.09. The third kappa shape index (κ3) is 4.00. The molecule has 1 aromatic heterocycles. The quantitative estimate of drug-likeness (QED) is 0.391. The monoisotopic (exact) mass is 463 g/mol. The number of sulfone groups is 1.